The lowest BCUT2D eigenvalue weighted by Gasteiger charge is -2.38. The number of nitrogens with zero attached hydrogens (tertiary/aromatic N) is 3. The third-order valence-electron chi connectivity index (χ3n) is 2.94. The fourth-order valence-corrected chi connectivity index (χ4v) is 1.86. The molecule has 0 spiro atoms. The second-order valence-electron chi connectivity index (χ2n) is 4.53. The molecule has 1 aromatic heterocycles. The van der Waals surface area contributed by atoms with Crippen LogP contribution in [0.15, 0.2) is 16.5 Å². The molecule has 0 N–H and O–H groups in total. The molecule has 0 aliphatic carbocycles. The Balaban J connectivity index is 1.96. The minimum Gasteiger partial charge on any atom is -0.395 e. The highest BCUT2D eigenvalue weighted by molar-refractivity contribution is 5.94. The summed E-state index contributed by atoms with van der Waals surface area (Å²) in [5.41, 5.74) is 0. The zero-order valence-electron chi connectivity index (χ0n) is 10.5. The van der Waals surface area contributed by atoms with Crippen molar-refractivity contribution in [1.29, 1.82) is 0 Å². The van der Waals surface area contributed by atoms with Crippen molar-refractivity contribution in [2.24, 2.45) is 5.92 Å². The molecule has 0 aromatic carbocycles. The van der Waals surface area contributed by atoms with Gasteiger partial charge in [0.1, 0.15) is 4.92 Å². The highest BCUT2D eigenvalue weighted by atomic mass is 16.6. The molecule has 8 nitrogen and oxygen atoms in total. The average Bonchev–Trinajstić information content (AvgIpc) is 2.75. The first-order valence-corrected chi connectivity index (χ1v) is 5.65. The number of hydrogen-bond donors (Lipinski definition) is 0. The van der Waals surface area contributed by atoms with Crippen molar-refractivity contribution in [1.82, 2.24) is 9.80 Å². The molecular weight excluding hydrogens is 254 g/mol. The van der Waals surface area contributed by atoms with Crippen molar-refractivity contribution in [3.05, 3.63) is 28.0 Å². The number of carbonyl (C=O) groups excluding carboxylic acids is 2. The zero-order valence-corrected chi connectivity index (χ0v) is 10.5. The van der Waals surface area contributed by atoms with Crippen LogP contribution in [0.25, 0.3) is 0 Å². The Morgan fingerprint density at radius 1 is 1.42 bits per heavy atom. The van der Waals surface area contributed by atoms with Gasteiger partial charge >= 0.3 is 5.88 Å². The number of hydrogen-bond acceptors (Lipinski definition) is 5. The first kappa shape index (κ1) is 13.1. The second kappa shape index (κ2) is 4.71. The van der Waals surface area contributed by atoms with Gasteiger partial charge in [0.2, 0.25) is 5.91 Å². The molecule has 2 heterocycles. The van der Waals surface area contributed by atoms with Crippen LogP contribution in [0.4, 0.5) is 5.88 Å². The van der Waals surface area contributed by atoms with Crippen molar-refractivity contribution in [3.63, 3.8) is 0 Å². The van der Waals surface area contributed by atoms with Crippen molar-refractivity contribution < 1.29 is 18.9 Å². The molecule has 8 heteroatoms. The Morgan fingerprint density at radius 3 is 2.53 bits per heavy atom. The van der Waals surface area contributed by atoms with Crippen LogP contribution in [0.2, 0.25) is 0 Å². The lowest BCUT2D eigenvalue weighted by molar-refractivity contribution is -0.402. The summed E-state index contributed by atoms with van der Waals surface area (Å²) in [5, 5.41) is 10.4. The highest BCUT2D eigenvalue weighted by Gasteiger charge is 2.38. The molecule has 1 fully saturated rings. The summed E-state index contributed by atoms with van der Waals surface area (Å²) in [7, 11) is 3.31. The topological polar surface area (TPSA) is 96.9 Å². The maximum absolute atomic E-state index is 11.9. The standard InChI is InChI=1S/C11H13N3O5/c1-12(2)10(15)7-5-13(6-7)11(16)8-3-4-9(19-8)14(17)18/h3-4,7H,5-6H2,1-2H3. The van der Waals surface area contributed by atoms with E-state index in [1.165, 1.54) is 15.9 Å². The van der Waals surface area contributed by atoms with Crippen molar-refractivity contribution in [3.8, 4) is 0 Å². The van der Waals surface area contributed by atoms with Crippen LogP contribution in [0.5, 0.6) is 0 Å². The molecule has 2 amide bonds. The molecule has 0 unspecified atom stereocenters. The van der Waals surface area contributed by atoms with E-state index < -0.39 is 16.7 Å². The van der Waals surface area contributed by atoms with Gasteiger partial charge in [-0.2, -0.15) is 0 Å². The summed E-state index contributed by atoms with van der Waals surface area (Å²) < 4.78 is 4.82. The van der Waals surface area contributed by atoms with Gasteiger partial charge in [0.05, 0.1) is 12.0 Å². The SMILES string of the molecule is CN(C)C(=O)C1CN(C(=O)c2ccc([N+](=O)[O-])o2)C1. The molecule has 1 saturated heterocycles. The summed E-state index contributed by atoms with van der Waals surface area (Å²) >= 11 is 0. The molecule has 102 valence electrons. The van der Waals surface area contributed by atoms with Gasteiger partial charge in [-0.25, -0.2) is 0 Å². The fourth-order valence-electron chi connectivity index (χ4n) is 1.86. The number of furan rings is 1. The Labute approximate surface area is 108 Å². The van der Waals surface area contributed by atoms with Gasteiger partial charge in [0, 0.05) is 27.2 Å². The lowest BCUT2D eigenvalue weighted by Crippen LogP contribution is -2.55. The van der Waals surface area contributed by atoms with E-state index in [0.717, 1.165) is 6.07 Å². The first-order valence-electron chi connectivity index (χ1n) is 5.65. The predicted octanol–water partition coefficient (Wildman–Crippen LogP) is 0.348. The zero-order chi connectivity index (χ0) is 14.2. The number of rotatable bonds is 3. The van der Waals surface area contributed by atoms with E-state index in [9.17, 15) is 19.7 Å². The van der Waals surface area contributed by atoms with E-state index >= 15 is 0 Å². The van der Waals surface area contributed by atoms with Gasteiger partial charge in [-0.1, -0.05) is 0 Å². The van der Waals surface area contributed by atoms with Crippen LogP contribution >= 0.6 is 0 Å². The fraction of sp³-hybridized carbons (Fsp3) is 0.455. The number of carbonyl (C=O) groups is 2. The third kappa shape index (κ3) is 2.42. The van der Waals surface area contributed by atoms with Gasteiger partial charge in [-0.3, -0.25) is 19.7 Å². The quantitative estimate of drug-likeness (QED) is 0.581. The van der Waals surface area contributed by atoms with Crippen LogP contribution in [0.3, 0.4) is 0 Å². The normalized spacial score (nSPS) is 14.9. The molecule has 0 bridgehead atoms. The Bertz CT molecular complexity index is 530. The Kier molecular flexibility index (Phi) is 3.24. The third-order valence-corrected chi connectivity index (χ3v) is 2.94. The minimum absolute atomic E-state index is 0.0329. The van der Waals surface area contributed by atoms with Gasteiger partial charge < -0.3 is 14.2 Å². The predicted molar refractivity (Wildman–Crippen MR) is 63.4 cm³/mol. The van der Waals surface area contributed by atoms with E-state index in [0.29, 0.717) is 13.1 Å². The lowest BCUT2D eigenvalue weighted by atomic mass is 9.98. The van der Waals surface area contributed by atoms with E-state index in [4.69, 9.17) is 4.42 Å². The number of likely N-dealkylation sites (tertiary alicyclic amines) is 1. The molecule has 2 rings (SSSR count). The van der Waals surface area contributed by atoms with Crippen LogP contribution < -0.4 is 0 Å². The number of amides is 2. The minimum atomic E-state index is -0.703. The molecule has 0 saturated carbocycles. The smallest absolute Gasteiger partial charge is 0.395 e. The summed E-state index contributed by atoms with van der Waals surface area (Å²) in [6, 6.07) is 2.40. The monoisotopic (exact) mass is 267 g/mol. The van der Waals surface area contributed by atoms with Crippen molar-refractivity contribution >= 4 is 17.7 Å². The second-order valence-corrected chi connectivity index (χ2v) is 4.53. The van der Waals surface area contributed by atoms with E-state index in [1.54, 1.807) is 14.1 Å². The van der Waals surface area contributed by atoms with Gasteiger partial charge in [0.15, 0.2) is 5.76 Å². The first-order chi connectivity index (χ1) is 8.90. The van der Waals surface area contributed by atoms with Crippen LogP contribution in [0.1, 0.15) is 10.6 Å². The molecule has 1 aliphatic rings. The Hall–Kier alpha value is -2.38. The van der Waals surface area contributed by atoms with Gasteiger partial charge in [-0.15, -0.1) is 0 Å². The highest BCUT2D eigenvalue weighted by Crippen LogP contribution is 2.23. The molecule has 0 radical (unpaired) electrons. The van der Waals surface area contributed by atoms with Crippen LogP contribution in [0, 0.1) is 16.0 Å². The van der Waals surface area contributed by atoms with Crippen molar-refractivity contribution in [2.45, 2.75) is 0 Å². The van der Waals surface area contributed by atoms with E-state index in [2.05, 4.69) is 0 Å². The van der Waals surface area contributed by atoms with Gasteiger partial charge in [-0.05, 0) is 6.07 Å². The van der Waals surface area contributed by atoms with Crippen LogP contribution in [-0.4, -0.2) is 53.7 Å². The number of nitro groups is 1. The summed E-state index contributed by atoms with van der Waals surface area (Å²) in [5.74, 6) is -1.22. The Morgan fingerprint density at radius 2 is 2.05 bits per heavy atom. The summed E-state index contributed by atoms with van der Waals surface area (Å²) in [6.45, 7) is 0.620. The largest absolute Gasteiger partial charge is 0.433 e. The average molecular weight is 267 g/mol. The van der Waals surface area contributed by atoms with E-state index in [-0.39, 0.29) is 17.6 Å². The summed E-state index contributed by atoms with van der Waals surface area (Å²) in [4.78, 5) is 36.1. The molecular formula is C11H13N3O5. The molecule has 1 aromatic rings. The molecule has 19 heavy (non-hydrogen) atoms. The molecule has 0 atom stereocenters. The van der Waals surface area contributed by atoms with Crippen LogP contribution in [-0.2, 0) is 4.79 Å². The van der Waals surface area contributed by atoms with Gasteiger partial charge in [0.25, 0.3) is 5.91 Å². The maximum Gasteiger partial charge on any atom is 0.433 e. The van der Waals surface area contributed by atoms with E-state index in [1.807, 2.05) is 0 Å². The van der Waals surface area contributed by atoms with Crippen molar-refractivity contribution in [2.75, 3.05) is 27.2 Å². The summed E-state index contributed by atoms with van der Waals surface area (Å²) in [6.07, 6.45) is 0. The molecule has 1 aliphatic heterocycles. The maximum atomic E-state index is 11.9.